The Bertz CT molecular complexity index is 2500. The second kappa shape index (κ2) is 17.7. The summed E-state index contributed by atoms with van der Waals surface area (Å²) >= 11 is 0. The van der Waals surface area contributed by atoms with Crippen molar-refractivity contribution in [1.29, 1.82) is 0 Å². The van der Waals surface area contributed by atoms with E-state index in [0.29, 0.717) is 21.5 Å². The molecule has 7 rings (SSSR count). The van der Waals surface area contributed by atoms with Crippen molar-refractivity contribution in [3.8, 4) is 0 Å². The normalized spacial score (nSPS) is 15.3. The number of nitro benzene ring substituents is 2. The van der Waals surface area contributed by atoms with E-state index in [-0.39, 0.29) is 41.0 Å². The quantitative estimate of drug-likeness (QED) is 0.0338. The number of para-hydroxylation sites is 2. The molecule has 1 saturated heterocycles. The van der Waals surface area contributed by atoms with Crippen molar-refractivity contribution >= 4 is 57.4 Å². The SMILES string of the molecule is O=C(NC1C(=O)N(CP(C(=O)OCc2ccccc2[N+](=O)[O-])(c2ccccc2)(c2ccccc2)c2ccccc2)C1CC(=O)c1ccccc1)OCc1ccccc1[N+](=O)[O-]. The molecule has 14 nitrogen and oxygen atoms in total. The number of nitrogens with one attached hydrogen (secondary N) is 1. The molecular weight excluding hydrogens is 799 g/mol. The molecule has 2 amide bonds. The third kappa shape index (κ3) is 7.84. The van der Waals surface area contributed by atoms with Gasteiger partial charge in [-0.2, -0.15) is 0 Å². The minimum atomic E-state index is -4.86. The first kappa shape index (κ1) is 41.6. The van der Waals surface area contributed by atoms with Crippen molar-refractivity contribution in [3.63, 3.8) is 0 Å². The van der Waals surface area contributed by atoms with Crippen LogP contribution >= 0.6 is 6.60 Å². The van der Waals surface area contributed by atoms with Gasteiger partial charge in [0.1, 0.15) is 0 Å². The van der Waals surface area contributed by atoms with Gasteiger partial charge in [-0.1, -0.05) is 0 Å². The Labute approximate surface area is 350 Å². The summed E-state index contributed by atoms with van der Waals surface area (Å²) in [5, 5.41) is 27.8. The Balaban J connectivity index is 1.35. The van der Waals surface area contributed by atoms with Crippen LogP contribution in [0.3, 0.4) is 0 Å². The summed E-state index contributed by atoms with van der Waals surface area (Å²) in [6.45, 7) is -5.81. The van der Waals surface area contributed by atoms with Crippen LogP contribution < -0.4 is 21.2 Å². The number of carbonyl (C=O) groups is 4. The number of nitrogens with zero attached hydrogens (tertiary/aromatic N) is 3. The molecule has 308 valence electrons. The van der Waals surface area contributed by atoms with Crippen LogP contribution in [0.5, 0.6) is 0 Å². The van der Waals surface area contributed by atoms with Gasteiger partial charge in [0, 0.05) is 0 Å². The summed E-state index contributed by atoms with van der Waals surface area (Å²) < 4.78 is 11.7. The summed E-state index contributed by atoms with van der Waals surface area (Å²) in [5.41, 5.74) is -0.596. The average Bonchev–Trinajstić information content (AvgIpc) is 3.30. The number of Topliss-reactive ketones (excluding diaryl/α,β-unsaturated/α-hetero) is 1. The topological polar surface area (TPSA) is 188 Å². The molecule has 6 aromatic rings. The second-order valence-electron chi connectivity index (χ2n) is 14.3. The Morgan fingerprint density at radius 3 is 1.46 bits per heavy atom. The Kier molecular flexibility index (Phi) is 12.1. The molecule has 0 saturated carbocycles. The number of nitro groups is 2. The van der Waals surface area contributed by atoms with Crippen LogP contribution in [0.4, 0.5) is 21.0 Å². The van der Waals surface area contributed by atoms with Gasteiger partial charge in [-0.3, -0.25) is 0 Å². The van der Waals surface area contributed by atoms with Crippen LogP contribution in [0.1, 0.15) is 27.9 Å². The van der Waals surface area contributed by atoms with Crippen molar-refractivity contribution in [3.05, 3.63) is 207 Å². The van der Waals surface area contributed by atoms with Crippen LogP contribution in [-0.2, 0) is 27.5 Å². The van der Waals surface area contributed by atoms with E-state index in [1.165, 1.54) is 41.3 Å². The van der Waals surface area contributed by atoms with E-state index >= 15 is 4.79 Å². The predicted molar refractivity (Wildman–Crippen MR) is 230 cm³/mol. The van der Waals surface area contributed by atoms with E-state index in [4.69, 9.17) is 9.47 Å². The monoisotopic (exact) mass is 838 g/mol. The molecule has 2 unspecified atom stereocenters. The molecule has 1 aliphatic rings. The Hall–Kier alpha value is -7.57. The fourth-order valence-corrected chi connectivity index (χ4v) is 13.9. The van der Waals surface area contributed by atoms with Crippen molar-refractivity contribution in [2.45, 2.75) is 31.7 Å². The molecule has 2 atom stereocenters. The summed E-state index contributed by atoms with van der Waals surface area (Å²) in [4.78, 5) is 81.9. The first-order valence-electron chi connectivity index (χ1n) is 19.2. The molecule has 1 aliphatic heterocycles. The van der Waals surface area contributed by atoms with Crippen LogP contribution in [0, 0.1) is 20.2 Å². The maximum absolute atomic E-state index is 15.9. The van der Waals surface area contributed by atoms with Gasteiger partial charge in [0.15, 0.2) is 0 Å². The summed E-state index contributed by atoms with van der Waals surface area (Å²) in [5.74, 6) is -0.974. The Morgan fingerprint density at radius 2 is 1.00 bits per heavy atom. The van der Waals surface area contributed by atoms with Crippen LogP contribution in [0.2, 0.25) is 0 Å². The van der Waals surface area contributed by atoms with Crippen LogP contribution in [0.15, 0.2) is 170 Å². The van der Waals surface area contributed by atoms with Gasteiger partial charge in [-0.25, -0.2) is 0 Å². The van der Waals surface area contributed by atoms with E-state index < -0.39 is 59.5 Å². The molecule has 61 heavy (non-hydrogen) atoms. The second-order valence-corrected chi connectivity index (χ2v) is 19.1. The number of ether oxygens (including phenoxy) is 2. The van der Waals surface area contributed by atoms with Gasteiger partial charge in [0.25, 0.3) is 0 Å². The van der Waals surface area contributed by atoms with E-state index in [0.717, 1.165) is 0 Å². The number of amides is 2. The van der Waals surface area contributed by atoms with Gasteiger partial charge < -0.3 is 0 Å². The molecule has 1 heterocycles. The predicted octanol–water partition coefficient (Wildman–Crippen LogP) is 7.41. The van der Waals surface area contributed by atoms with Gasteiger partial charge in [0.2, 0.25) is 0 Å². The zero-order valence-electron chi connectivity index (χ0n) is 32.5. The fraction of sp³-hybridized carbons (Fsp3) is 0.130. The maximum atomic E-state index is 15.9. The molecule has 0 aliphatic carbocycles. The number of β-lactam (4-membered cyclic amide) rings is 1. The first-order valence-corrected chi connectivity index (χ1v) is 21.6. The van der Waals surface area contributed by atoms with Crippen LogP contribution in [0.25, 0.3) is 0 Å². The van der Waals surface area contributed by atoms with Crippen molar-refractivity contribution < 1.29 is 38.5 Å². The number of hydrogen-bond donors (Lipinski definition) is 1. The molecule has 6 aromatic carbocycles. The molecule has 1 N–H and O–H groups in total. The number of alkyl carbamates (subject to hydrolysis) is 1. The molecular formula is C46H39N4O10P. The van der Waals surface area contributed by atoms with Gasteiger partial charge >= 0.3 is 351 Å². The average molecular weight is 839 g/mol. The number of benzene rings is 6. The first-order chi connectivity index (χ1) is 29.5. The van der Waals surface area contributed by atoms with Crippen molar-refractivity contribution in [2.24, 2.45) is 0 Å². The third-order valence-corrected chi connectivity index (χ3v) is 17.1. The number of hydrogen-bond acceptors (Lipinski definition) is 10. The molecule has 0 aromatic heterocycles. The van der Waals surface area contributed by atoms with Gasteiger partial charge in [-0.05, 0) is 0 Å². The summed E-state index contributed by atoms with van der Waals surface area (Å²) in [6, 6.07) is 44.5. The standard InChI is InChI=1S/C46H39N4O10P/c51-42(33-17-5-1-6-18-33)29-41-43(47-45(53)59-30-34-19-13-15-27-39(34)49(55)56)44(52)48(41)32-61(36-21-7-2-8-22-36,37-23-9-3-10-24-37,38-25-11-4-12-26-38)46(54)60-31-35-20-14-16-28-40(35)50(57)58/h1-28,41,43H,29-32H2,(H,47,53). The van der Waals surface area contributed by atoms with Gasteiger partial charge in [0.05, 0.1) is 0 Å². The number of rotatable bonds is 16. The molecule has 0 spiro atoms. The number of carbonyl (C=O) groups excluding carboxylic acids is 4. The van der Waals surface area contributed by atoms with E-state index in [1.807, 2.05) is 0 Å². The summed E-state index contributed by atoms with van der Waals surface area (Å²) in [6.07, 6.45) is -1.65. The number of ketones is 1. The van der Waals surface area contributed by atoms with E-state index in [1.54, 1.807) is 133 Å². The minimum absolute atomic E-state index is 0.130. The van der Waals surface area contributed by atoms with Crippen molar-refractivity contribution in [2.75, 3.05) is 6.29 Å². The number of likely N-dealkylation sites (tertiary alicyclic amines) is 1. The summed E-state index contributed by atoms with van der Waals surface area (Å²) in [7, 11) is 0. The fourth-order valence-electron chi connectivity index (χ4n) is 7.95. The zero-order chi connectivity index (χ0) is 43.0. The van der Waals surface area contributed by atoms with E-state index in [2.05, 4.69) is 5.32 Å². The molecule has 1 fully saturated rings. The molecule has 0 bridgehead atoms. The van der Waals surface area contributed by atoms with Crippen LogP contribution in [-0.4, -0.2) is 56.6 Å². The Morgan fingerprint density at radius 1 is 0.590 bits per heavy atom. The van der Waals surface area contributed by atoms with Gasteiger partial charge in [-0.15, -0.1) is 0 Å². The third-order valence-electron chi connectivity index (χ3n) is 11.0. The zero-order valence-corrected chi connectivity index (χ0v) is 33.4. The van der Waals surface area contributed by atoms with Crippen molar-refractivity contribution in [1.82, 2.24) is 10.2 Å². The van der Waals surface area contributed by atoms with E-state index in [9.17, 15) is 34.6 Å². The molecule has 0 radical (unpaired) electrons. The molecule has 15 heteroatoms.